The van der Waals surface area contributed by atoms with Gasteiger partial charge in [0.2, 0.25) is 5.91 Å². The summed E-state index contributed by atoms with van der Waals surface area (Å²) in [7, 11) is -1.24. The first-order chi connectivity index (χ1) is 15.4. The number of ether oxygens (including phenoxy) is 1. The summed E-state index contributed by atoms with van der Waals surface area (Å²) in [5, 5.41) is 0. The third-order valence-electron chi connectivity index (χ3n) is 5.48. The molecule has 1 aliphatic heterocycles. The van der Waals surface area contributed by atoms with Crippen LogP contribution in [0.3, 0.4) is 0 Å². The quantitative estimate of drug-likeness (QED) is 0.629. The van der Waals surface area contributed by atoms with Gasteiger partial charge in [-0.1, -0.05) is 12.1 Å². The minimum Gasteiger partial charge on any atom is -0.495 e. The molecule has 1 heterocycles. The van der Waals surface area contributed by atoms with Gasteiger partial charge in [-0.25, -0.2) is 8.42 Å². The van der Waals surface area contributed by atoms with Crippen molar-refractivity contribution >= 4 is 21.6 Å². The zero-order chi connectivity index (χ0) is 24.4. The summed E-state index contributed by atoms with van der Waals surface area (Å²) in [6, 6.07) is 8.44. The van der Waals surface area contributed by atoms with E-state index in [1.165, 1.54) is 30.2 Å². The number of hydrogen-bond acceptors (Lipinski definition) is 5. The zero-order valence-electron chi connectivity index (χ0n) is 18.6. The van der Waals surface area contributed by atoms with Crippen LogP contribution in [0.4, 0.5) is 18.9 Å². The Morgan fingerprint density at radius 2 is 1.76 bits per heavy atom. The lowest BCUT2D eigenvalue weighted by atomic mass is 10.2. The van der Waals surface area contributed by atoms with Crippen LogP contribution in [-0.4, -0.2) is 71.0 Å². The van der Waals surface area contributed by atoms with Crippen LogP contribution in [0, 0.1) is 6.92 Å². The van der Waals surface area contributed by atoms with Crippen molar-refractivity contribution in [1.29, 1.82) is 0 Å². The molecule has 0 unspecified atom stereocenters. The molecule has 1 amide bonds. The van der Waals surface area contributed by atoms with Crippen LogP contribution < -0.4 is 9.04 Å². The van der Waals surface area contributed by atoms with Gasteiger partial charge in [0.25, 0.3) is 10.0 Å². The number of nitrogens with zero attached hydrogens (tertiary/aromatic N) is 3. The second-order valence-corrected chi connectivity index (χ2v) is 9.73. The van der Waals surface area contributed by atoms with E-state index >= 15 is 0 Å². The molecule has 0 atom stereocenters. The number of halogens is 3. The number of amides is 1. The van der Waals surface area contributed by atoms with Crippen molar-refractivity contribution in [2.24, 2.45) is 0 Å². The van der Waals surface area contributed by atoms with Crippen LogP contribution in [0.15, 0.2) is 47.4 Å². The van der Waals surface area contributed by atoms with E-state index in [0.717, 1.165) is 22.5 Å². The van der Waals surface area contributed by atoms with E-state index in [1.807, 2.05) is 11.9 Å². The molecule has 0 radical (unpaired) electrons. The maximum atomic E-state index is 13.7. The number of hydrogen-bond donors (Lipinski definition) is 0. The van der Waals surface area contributed by atoms with Gasteiger partial charge in [-0.15, -0.1) is 0 Å². The minimum atomic E-state index is -4.67. The number of benzene rings is 2. The first-order valence-electron chi connectivity index (χ1n) is 10.2. The Morgan fingerprint density at radius 3 is 2.36 bits per heavy atom. The monoisotopic (exact) mass is 485 g/mol. The van der Waals surface area contributed by atoms with Crippen molar-refractivity contribution in [1.82, 2.24) is 9.80 Å². The Hall–Kier alpha value is -2.79. The fraction of sp³-hybridized carbons (Fsp3) is 0.409. The van der Waals surface area contributed by atoms with Crippen LogP contribution in [0.5, 0.6) is 5.75 Å². The van der Waals surface area contributed by atoms with Crippen molar-refractivity contribution < 1.29 is 31.1 Å². The van der Waals surface area contributed by atoms with Crippen molar-refractivity contribution in [2.45, 2.75) is 18.0 Å². The summed E-state index contributed by atoms with van der Waals surface area (Å²) in [6.45, 7) is 3.09. The number of carbonyl (C=O) groups excluding carboxylic acids is 1. The first-order valence-corrected chi connectivity index (χ1v) is 11.7. The second kappa shape index (κ2) is 9.60. The summed E-state index contributed by atoms with van der Waals surface area (Å²) in [5.74, 6) is -0.458. The number of piperazine rings is 1. The molecule has 1 saturated heterocycles. The summed E-state index contributed by atoms with van der Waals surface area (Å²) in [6.07, 6.45) is -4.67. The van der Waals surface area contributed by atoms with E-state index in [-0.39, 0.29) is 16.3 Å². The average Bonchev–Trinajstić information content (AvgIpc) is 2.77. The van der Waals surface area contributed by atoms with Gasteiger partial charge >= 0.3 is 6.18 Å². The van der Waals surface area contributed by atoms with E-state index in [1.54, 1.807) is 13.0 Å². The number of rotatable bonds is 6. The Labute approximate surface area is 191 Å². The molecule has 0 N–H and O–H groups in total. The highest BCUT2D eigenvalue weighted by atomic mass is 32.2. The molecule has 1 aliphatic rings. The predicted molar refractivity (Wildman–Crippen MR) is 118 cm³/mol. The number of anilines is 1. The molecule has 3 rings (SSSR count). The number of likely N-dealkylation sites (N-methyl/N-ethyl adjacent to an activating group) is 1. The van der Waals surface area contributed by atoms with Crippen molar-refractivity contribution in [2.75, 3.05) is 51.2 Å². The van der Waals surface area contributed by atoms with E-state index in [2.05, 4.69) is 0 Å². The highest BCUT2D eigenvalue weighted by molar-refractivity contribution is 7.93. The van der Waals surface area contributed by atoms with E-state index in [9.17, 15) is 26.4 Å². The molecule has 0 spiro atoms. The third-order valence-corrected chi connectivity index (χ3v) is 7.28. The van der Waals surface area contributed by atoms with Crippen molar-refractivity contribution in [3.05, 3.63) is 53.6 Å². The van der Waals surface area contributed by atoms with E-state index in [4.69, 9.17) is 4.74 Å². The van der Waals surface area contributed by atoms with Gasteiger partial charge in [0.15, 0.2) is 0 Å². The average molecular weight is 486 g/mol. The fourth-order valence-corrected chi connectivity index (χ4v) is 5.18. The SMILES string of the molecule is COc1ccc(C)cc1S(=O)(=O)N(CC(=O)N1CCN(C)CC1)c1cccc(C(F)(F)F)c1. The molecular formula is C22H26F3N3O4S. The van der Waals surface area contributed by atoms with Gasteiger partial charge < -0.3 is 14.5 Å². The molecule has 0 aromatic heterocycles. The van der Waals surface area contributed by atoms with Crippen LogP contribution in [0.25, 0.3) is 0 Å². The highest BCUT2D eigenvalue weighted by Gasteiger charge is 2.35. The maximum absolute atomic E-state index is 13.7. The van der Waals surface area contributed by atoms with Gasteiger partial charge in [0.1, 0.15) is 17.2 Å². The van der Waals surface area contributed by atoms with Crippen LogP contribution in [0.2, 0.25) is 0 Å². The lowest BCUT2D eigenvalue weighted by Gasteiger charge is -2.34. The van der Waals surface area contributed by atoms with Gasteiger partial charge in [-0.2, -0.15) is 13.2 Å². The van der Waals surface area contributed by atoms with Gasteiger partial charge in [-0.05, 0) is 49.9 Å². The normalized spacial score (nSPS) is 15.4. The predicted octanol–water partition coefficient (Wildman–Crippen LogP) is 2.99. The maximum Gasteiger partial charge on any atom is 0.416 e. The molecule has 11 heteroatoms. The molecule has 0 saturated carbocycles. The summed E-state index contributed by atoms with van der Waals surface area (Å²) in [4.78, 5) is 16.3. The van der Waals surface area contributed by atoms with Gasteiger partial charge in [-0.3, -0.25) is 9.10 Å². The number of methoxy groups -OCH3 is 1. The number of aryl methyl sites for hydroxylation is 1. The molecule has 180 valence electrons. The second-order valence-electron chi connectivity index (χ2n) is 7.90. The van der Waals surface area contributed by atoms with Crippen LogP contribution in [0.1, 0.15) is 11.1 Å². The van der Waals surface area contributed by atoms with Crippen molar-refractivity contribution in [3.8, 4) is 5.75 Å². The lowest BCUT2D eigenvalue weighted by Crippen LogP contribution is -2.50. The molecular weight excluding hydrogens is 459 g/mol. The minimum absolute atomic E-state index is 0.0321. The summed E-state index contributed by atoms with van der Waals surface area (Å²) < 4.78 is 73.3. The molecule has 2 aromatic rings. The Kier molecular flexibility index (Phi) is 7.23. The number of alkyl halides is 3. The topological polar surface area (TPSA) is 70.2 Å². The lowest BCUT2D eigenvalue weighted by molar-refractivity contribution is -0.137. The molecule has 0 bridgehead atoms. The summed E-state index contributed by atoms with van der Waals surface area (Å²) >= 11 is 0. The number of sulfonamides is 1. The van der Waals surface area contributed by atoms with Crippen LogP contribution in [-0.2, 0) is 21.0 Å². The summed E-state index contributed by atoms with van der Waals surface area (Å²) in [5.41, 5.74) is -0.650. The fourth-order valence-electron chi connectivity index (χ4n) is 3.54. The molecule has 2 aromatic carbocycles. The molecule has 0 aliphatic carbocycles. The van der Waals surface area contributed by atoms with E-state index in [0.29, 0.717) is 31.7 Å². The largest absolute Gasteiger partial charge is 0.495 e. The van der Waals surface area contributed by atoms with Crippen LogP contribution >= 0.6 is 0 Å². The Morgan fingerprint density at radius 1 is 1.09 bits per heavy atom. The van der Waals surface area contributed by atoms with E-state index < -0.39 is 34.2 Å². The highest BCUT2D eigenvalue weighted by Crippen LogP contribution is 2.35. The van der Waals surface area contributed by atoms with Crippen molar-refractivity contribution in [3.63, 3.8) is 0 Å². The standard InChI is InChI=1S/C22H26F3N3O4S/c1-16-7-8-19(32-3)20(13-16)33(30,31)28(15-21(29)27-11-9-26(2)10-12-27)18-6-4-5-17(14-18)22(23,24)25/h4-8,13-14H,9-12,15H2,1-3H3. The third kappa shape index (κ3) is 5.59. The molecule has 7 nitrogen and oxygen atoms in total. The Balaban J connectivity index is 2.08. The zero-order valence-corrected chi connectivity index (χ0v) is 19.4. The smallest absolute Gasteiger partial charge is 0.416 e. The molecule has 33 heavy (non-hydrogen) atoms. The number of carbonyl (C=O) groups is 1. The van der Waals surface area contributed by atoms with Gasteiger partial charge in [0, 0.05) is 26.2 Å². The Bertz CT molecular complexity index is 1110. The molecule has 1 fully saturated rings. The van der Waals surface area contributed by atoms with Gasteiger partial charge in [0.05, 0.1) is 18.4 Å². The first kappa shape index (κ1) is 24.8.